The summed E-state index contributed by atoms with van der Waals surface area (Å²) in [6.07, 6.45) is 2.23. The first-order chi connectivity index (χ1) is 5.06. The summed E-state index contributed by atoms with van der Waals surface area (Å²) in [5, 5.41) is 0. The van der Waals surface area contributed by atoms with Gasteiger partial charge in [-0.1, -0.05) is 34.1 Å². The van der Waals surface area contributed by atoms with Crippen molar-refractivity contribution < 1.29 is 9.78 Å². The highest BCUT2D eigenvalue weighted by atomic mass is 17.2. The predicted molar refractivity (Wildman–Crippen MR) is 46.3 cm³/mol. The molecule has 0 atom stereocenters. The Labute approximate surface area is 69.8 Å². The summed E-state index contributed by atoms with van der Waals surface area (Å²) in [5.41, 5.74) is 0.201. The summed E-state index contributed by atoms with van der Waals surface area (Å²) in [6.45, 7) is 9.87. The highest BCUT2D eigenvalue weighted by Gasteiger charge is 2.10. The normalized spacial score (nSPS) is 12.0. The van der Waals surface area contributed by atoms with E-state index in [1.54, 1.807) is 0 Å². The summed E-state index contributed by atoms with van der Waals surface area (Å²) in [7, 11) is 0. The van der Waals surface area contributed by atoms with Crippen LogP contribution in [0.2, 0.25) is 0 Å². The summed E-state index contributed by atoms with van der Waals surface area (Å²) < 4.78 is 0. The number of hydrogen-bond acceptors (Lipinski definition) is 2. The van der Waals surface area contributed by atoms with Gasteiger partial charge in [0.15, 0.2) is 0 Å². The Morgan fingerprint density at radius 3 is 2.18 bits per heavy atom. The standard InChI is InChI=1S/C9H20O2/c1-5-6-7-10-11-8-9(2,3)4/h5-8H2,1-4H3. The minimum absolute atomic E-state index is 0.201. The molecule has 2 nitrogen and oxygen atoms in total. The fraction of sp³-hybridized carbons (Fsp3) is 1.00. The maximum atomic E-state index is 5.00. The van der Waals surface area contributed by atoms with Crippen LogP contribution in [0.5, 0.6) is 0 Å². The van der Waals surface area contributed by atoms with Gasteiger partial charge in [0.25, 0.3) is 0 Å². The molecular weight excluding hydrogens is 140 g/mol. The van der Waals surface area contributed by atoms with E-state index in [9.17, 15) is 0 Å². The van der Waals surface area contributed by atoms with Crippen LogP contribution in [0, 0.1) is 5.41 Å². The van der Waals surface area contributed by atoms with Crippen LogP contribution >= 0.6 is 0 Å². The van der Waals surface area contributed by atoms with Crippen molar-refractivity contribution in [1.29, 1.82) is 0 Å². The van der Waals surface area contributed by atoms with Crippen LogP contribution in [0.4, 0.5) is 0 Å². The number of unbranched alkanes of at least 4 members (excludes halogenated alkanes) is 1. The topological polar surface area (TPSA) is 18.5 Å². The molecule has 0 saturated heterocycles. The highest BCUT2D eigenvalue weighted by Crippen LogP contribution is 2.12. The molecule has 0 N–H and O–H groups in total. The van der Waals surface area contributed by atoms with Gasteiger partial charge in [-0.15, -0.1) is 0 Å². The van der Waals surface area contributed by atoms with Crippen molar-refractivity contribution in [2.75, 3.05) is 13.2 Å². The van der Waals surface area contributed by atoms with Crippen LogP contribution in [0.15, 0.2) is 0 Å². The predicted octanol–water partition coefficient (Wildman–Crippen LogP) is 2.78. The Balaban J connectivity index is 3.02. The summed E-state index contributed by atoms with van der Waals surface area (Å²) in [6, 6.07) is 0. The Morgan fingerprint density at radius 1 is 1.09 bits per heavy atom. The molecule has 0 bridgehead atoms. The van der Waals surface area contributed by atoms with E-state index in [1.165, 1.54) is 0 Å². The van der Waals surface area contributed by atoms with Crippen molar-refractivity contribution in [3.63, 3.8) is 0 Å². The SMILES string of the molecule is CCCCOOCC(C)(C)C. The molecule has 0 heterocycles. The lowest BCUT2D eigenvalue weighted by Crippen LogP contribution is -2.15. The maximum Gasteiger partial charge on any atom is 0.0870 e. The van der Waals surface area contributed by atoms with Crippen LogP contribution in [-0.2, 0) is 9.78 Å². The highest BCUT2D eigenvalue weighted by molar-refractivity contribution is 4.57. The van der Waals surface area contributed by atoms with E-state index in [4.69, 9.17) is 9.78 Å². The zero-order valence-electron chi connectivity index (χ0n) is 8.14. The van der Waals surface area contributed by atoms with Crippen molar-refractivity contribution in [3.05, 3.63) is 0 Å². The van der Waals surface area contributed by atoms with Gasteiger partial charge in [0.1, 0.15) is 0 Å². The molecular formula is C9H20O2. The molecule has 0 fully saturated rings. The third-order valence-corrected chi connectivity index (χ3v) is 1.16. The largest absolute Gasteiger partial charge is 0.237 e. The van der Waals surface area contributed by atoms with Gasteiger partial charge in [-0.2, -0.15) is 0 Å². The molecule has 0 amide bonds. The first-order valence-electron chi connectivity index (χ1n) is 4.30. The summed E-state index contributed by atoms with van der Waals surface area (Å²) in [5.74, 6) is 0. The first-order valence-corrected chi connectivity index (χ1v) is 4.30. The van der Waals surface area contributed by atoms with Crippen molar-refractivity contribution in [3.8, 4) is 0 Å². The van der Waals surface area contributed by atoms with E-state index in [1.807, 2.05) is 0 Å². The molecule has 0 rings (SSSR count). The molecule has 0 aromatic heterocycles. The molecule has 0 spiro atoms. The second-order valence-corrected chi connectivity index (χ2v) is 4.00. The van der Waals surface area contributed by atoms with E-state index >= 15 is 0 Å². The summed E-state index contributed by atoms with van der Waals surface area (Å²) in [4.78, 5) is 9.95. The molecule has 0 saturated carbocycles. The van der Waals surface area contributed by atoms with Crippen molar-refractivity contribution >= 4 is 0 Å². The van der Waals surface area contributed by atoms with Gasteiger partial charge >= 0.3 is 0 Å². The molecule has 0 radical (unpaired) electrons. The van der Waals surface area contributed by atoms with Crippen molar-refractivity contribution in [2.24, 2.45) is 5.41 Å². The van der Waals surface area contributed by atoms with Crippen LogP contribution in [0.25, 0.3) is 0 Å². The molecule has 0 aromatic rings. The second-order valence-electron chi connectivity index (χ2n) is 4.00. The number of hydrogen-bond donors (Lipinski definition) is 0. The van der Waals surface area contributed by atoms with Crippen LogP contribution < -0.4 is 0 Å². The molecule has 11 heavy (non-hydrogen) atoms. The first kappa shape index (κ1) is 10.9. The van der Waals surface area contributed by atoms with Gasteiger partial charge in [-0.25, -0.2) is 9.78 Å². The van der Waals surface area contributed by atoms with Gasteiger partial charge < -0.3 is 0 Å². The van der Waals surface area contributed by atoms with Gasteiger partial charge in [-0.05, 0) is 11.8 Å². The van der Waals surface area contributed by atoms with E-state index in [0.29, 0.717) is 13.2 Å². The minimum atomic E-state index is 0.201. The minimum Gasteiger partial charge on any atom is -0.237 e. The van der Waals surface area contributed by atoms with E-state index in [0.717, 1.165) is 12.8 Å². The van der Waals surface area contributed by atoms with E-state index < -0.39 is 0 Å². The third kappa shape index (κ3) is 9.92. The average Bonchev–Trinajstić information content (AvgIpc) is 1.85. The smallest absolute Gasteiger partial charge is 0.0870 e. The molecule has 68 valence electrons. The van der Waals surface area contributed by atoms with Crippen LogP contribution in [0.1, 0.15) is 40.5 Å². The Bertz CT molecular complexity index is 84.1. The Hall–Kier alpha value is -0.0800. The molecule has 2 heteroatoms. The fourth-order valence-corrected chi connectivity index (χ4v) is 0.481. The van der Waals surface area contributed by atoms with Gasteiger partial charge in [-0.3, -0.25) is 0 Å². The molecule has 0 aliphatic heterocycles. The quantitative estimate of drug-likeness (QED) is 0.350. The fourth-order valence-electron chi connectivity index (χ4n) is 0.481. The van der Waals surface area contributed by atoms with Crippen molar-refractivity contribution in [1.82, 2.24) is 0 Å². The van der Waals surface area contributed by atoms with Gasteiger partial charge in [0, 0.05) is 0 Å². The van der Waals surface area contributed by atoms with E-state index in [2.05, 4.69) is 27.7 Å². The Morgan fingerprint density at radius 2 is 1.73 bits per heavy atom. The third-order valence-electron chi connectivity index (χ3n) is 1.16. The van der Waals surface area contributed by atoms with Crippen molar-refractivity contribution in [2.45, 2.75) is 40.5 Å². The number of rotatable bonds is 5. The van der Waals surface area contributed by atoms with Gasteiger partial charge in [0.05, 0.1) is 13.2 Å². The molecule has 0 aliphatic carbocycles. The van der Waals surface area contributed by atoms with Gasteiger partial charge in [0.2, 0.25) is 0 Å². The van der Waals surface area contributed by atoms with E-state index in [-0.39, 0.29) is 5.41 Å². The summed E-state index contributed by atoms with van der Waals surface area (Å²) >= 11 is 0. The lowest BCUT2D eigenvalue weighted by Gasteiger charge is -2.16. The zero-order valence-corrected chi connectivity index (χ0v) is 8.14. The second kappa shape index (κ2) is 5.56. The molecule has 0 aliphatic rings. The van der Waals surface area contributed by atoms with Crippen LogP contribution in [0.3, 0.4) is 0 Å². The monoisotopic (exact) mass is 160 g/mol. The average molecular weight is 160 g/mol. The molecule has 0 unspecified atom stereocenters. The molecule has 0 aromatic carbocycles. The lowest BCUT2D eigenvalue weighted by atomic mass is 9.99. The maximum absolute atomic E-state index is 5.00. The van der Waals surface area contributed by atoms with Crippen LogP contribution in [-0.4, -0.2) is 13.2 Å². The zero-order chi connectivity index (χ0) is 8.74. The Kier molecular flexibility index (Phi) is 5.51. The lowest BCUT2D eigenvalue weighted by molar-refractivity contribution is -0.307.